The predicted molar refractivity (Wildman–Crippen MR) is 162 cm³/mol. The molecule has 2 heterocycles. The number of fused-ring (bicyclic) bond motifs is 1. The van der Waals surface area contributed by atoms with E-state index in [0.29, 0.717) is 44.3 Å². The Hall–Kier alpha value is -5.29. The number of non-ortho nitro benzene ring substituents is 1. The second-order valence-corrected chi connectivity index (χ2v) is 10.5. The van der Waals surface area contributed by atoms with Crippen LogP contribution in [0.5, 0.6) is 11.5 Å². The third-order valence-electron chi connectivity index (χ3n) is 6.72. The van der Waals surface area contributed by atoms with Crippen molar-refractivity contribution in [2.45, 2.75) is 19.6 Å². The minimum atomic E-state index is -0.871. The molecule has 10 nitrogen and oxygen atoms in total. The number of carbonyl (C=O) groups is 1. The fourth-order valence-electron chi connectivity index (χ4n) is 4.66. The van der Waals surface area contributed by atoms with Crippen LogP contribution >= 0.6 is 11.3 Å². The first kappa shape index (κ1) is 29.2. The molecule has 0 aliphatic carbocycles. The highest BCUT2D eigenvalue weighted by Gasteiger charge is 2.34. The van der Waals surface area contributed by atoms with Gasteiger partial charge in [0.05, 0.1) is 33.9 Å². The molecular formula is C32H27N3O7S. The number of thiazole rings is 1. The average molecular weight is 598 g/mol. The van der Waals surface area contributed by atoms with Gasteiger partial charge in [0.25, 0.3) is 11.2 Å². The number of benzene rings is 3. The third kappa shape index (κ3) is 6.16. The van der Waals surface area contributed by atoms with E-state index < -0.39 is 16.9 Å². The number of ether oxygens (including phenoxy) is 3. The monoisotopic (exact) mass is 597 g/mol. The van der Waals surface area contributed by atoms with Gasteiger partial charge in [0.15, 0.2) is 16.3 Å². The van der Waals surface area contributed by atoms with Gasteiger partial charge in [-0.05, 0) is 54.0 Å². The van der Waals surface area contributed by atoms with Crippen LogP contribution in [0.3, 0.4) is 0 Å². The van der Waals surface area contributed by atoms with Gasteiger partial charge in [-0.1, -0.05) is 60.4 Å². The van der Waals surface area contributed by atoms with Gasteiger partial charge in [-0.15, -0.1) is 0 Å². The molecule has 218 valence electrons. The number of allylic oxidation sites excluding steroid dienone is 1. The number of nitro groups is 1. The Morgan fingerprint density at radius 3 is 2.53 bits per heavy atom. The first-order valence-electron chi connectivity index (χ1n) is 13.2. The zero-order valence-electron chi connectivity index (χ0n) is 23.4. The lowest BCUT2D eigenvalue weighted by Gasteiger charge is -2.25. The highest BCUT2D eigenvalue weighted by Crippen LogP contribution is 2.36. The topological polar surface area (TPSA) is 122 Å². The molecular weight excluding hydrogens is 570 g/mol. The minimum absolute atomic E-state index is 0.0114. The molecule has 0 spiro atoms. The first-order chi connectivity index (χ1) is 20.8. The van der Waals surface area contributed by atoms with E-state index in [1.54, 1.807) is 43.3 Å². The number of methoxy groups -OCH3 is 1. The summed E-state index contributed by atoms with van der Waals surface area (Å²) >= 11 is 1.16. The summed E-state index contributed by atoms with van der Waals surface area (Å²) in [5.74, 6) is 0.297. The normalized spacial score (nSPS) is 14.5. The molecule has 0 bridgehead atoms. The number of rotatable bonds is 10. The molecule has 11 heteroatoms. The zero-order chi connectivity index (χ0) is 30.5. The molecule has 43 heavy (non-hydrogen) atoms. The van der Waals surface area contributed by atoms with Crippen LogP contribution in [-0.2, 0) is 16.1 Å². The number of aromatic nitrogens is 1. The number of nitrogens with zero attached hydrogens (tertiary/aromatic N) is 3. The Kier molecular flexibility index (Phi) is 8.63. The summed E-state index contributed by atoms with van der Waals surface area (Å²) in [6, 6.07) is 20.0. The van der Waals surface area contributed by atoms with E-state index in [9.17, 15) is 19.7 Å². The van der Waals surface area contributed by atoms with Crippen molar-refractivity contribution in [2.24, 2.45) is 4.99 Å². The molecule has 1 aromatic heterocycles. The summed E-state index contributed by atoms with van der Waals surface area (Å²) in [6.07, 6.45) is 3.10. The maximum Gasteiger partial charge on any atom is 0.338 e. The Morgan fingerprint density at radius 2 is 1.86 bits per heavy atom. The largest absolute Gasteiger partial charge is 0.493 e. The van der Waals surface area contributed by atoms with E-state index in [2.05, 4.69) is 11.6 Å². The van der Waals surface area contributed by atoms with Crippen molar-refractivity contribution in [3.63, 3.8) is 0 Å². The molecule has 0 saturated carbocycles. The quantitative estimate of drug-likeness (QED) is 0.115. The van der Waals surface area contributed by atoms with E-state index >= 15 is 0 Å². The Morgan fingerprint density at radius 1 is 1.12 bits per heavy atom. The molecule has 3 aromatic carbocycles. The van der Waals surface area contributed by atoms with Crippen molar-refractivity contribution in [1.82, 2.24) is 4.57 Å². The van der Waals surface area contributed by atoms with Crippen LogP contribution in [0.4, 0.5) is 5.69 Å². The van der Waals surface area contributed by atoms with Crippen LogP contribution in [0.25, 0.3) is 6.08 Å². The SMILES string of the molecule is C=CCOC(=O)C1=C(C)N=c2sc(=Cc3ccc([N+](=O)[O-])cc3)c(=O)n2C1c1ccc(OCc2ccccc2)c(OC)c1. The number of esters is 1. The molecule has 0 N–H and O–H groups in total. The zero-order valence-corrected chi connectivity index (χ0v) is 24.2. The predicted octanol–water partition coefficient (Wildman–Crippen LogP) is 4.46. The van der Waals surface area contributed by atoms with Crippen molar-refractivity contribution in [2.75, 3.05) is 13.7 Å². The molecule has 1 aliphatic heterocycles. The highest BCUT2D eigenvalue weighted by molar-refractivity contribution is 7.07. The average Bonchev–Trinajstić information content (AvgIpc) is 3.32. The first-order valence-corrected chi connectivity index (χ1v) is 14.0. The van der Waals surface area contributed by atoms with E-state index in [-0.39, 0.29) is 23.4 Å². The summed E-state index contributed by atoms with van der Waals surface area (Å²) < 4.78 is 18.9. The smallest absolute Gasteiger partial charge is 0.338 e. The maximum atomic E-state index is 13.9. The molecule has 1 aliphatic rings. The maximum absolute atomic E-state index is 13.9. The summed E-state index contributed by atoms with van der Waals surface area (Å²) in [6.45, 7) is 5.62. The molecule has 0 fully saturated rings. The Labute approximate surface area is 250 Å². The second-order valence-electron chi connectivity index (χ2n) is 9.50. The van der Waals surface area contributed by atoms with Crippen molar-refractivity contribution < 1.29 is 23.9 Å². The van der Waals surface area contributed by atoms with Crippen LogP contribution in [0, 0.1) is 10.1 Å². The van der Waals surface area contributed by atoms with Gasteiger partial charge in [-0.25, -0.2) is 9.79 Å². The van der Waals surface area contributed by atoms with E-state index in [1.807, 2.05) is 30.3 Å². The second kappa shape index (κ2) is 12.7. The van der Waals surface area contributed by atoms with Gasteiger partial charge < -0.3 is 14.2 Å². The molecule has 0 radical (unpaired) electrons. The standard InChI is InChI=1S/C32H27N3O7S/c1-4-16-41-31(37)28-20(2)33-32-34(30(36)27(43-32)17-21-10-13-24(14-11-21)35(38)39)29(28)23-12-15-25(26(18-23)40-3)42-19-22-8-6-5-7-9-22/h4-15,17-18,29H,1,16,19H2,2-3H3. The number of carbonyl (C=O) groups excluding carboxylic acids is 1. The van der Waals surface area contributed by atoms with Crippen molar-refractivity contribution in [3.05, 3.63) is 143 Å². The van der Waals surface area contributed by atoms with Gasteiger partial charge in [-0.2, -0.15) is 0 Å². The van der Waals surface area contributed by atoms with Crippen LogP contribution in [0.1, 0.15) is 29.7 Å². The summed E-state index contributed by atoms with van der Waals surface area (Å²) in [5, 5.41) is 11.0. The van der Waals surface area contributed by atoms with Crippen LogP contribution in [-0.4, -0.2) is 29.2 Å². The van der Waals surface area contributed by atoms with E-state index in [0.717, 1.165) is 16.9 Å². The van der Waals surface area contributed by atoms with Crippen molar-refractivity contribution in [3.8, 4) is 11.5 Å². The molecule has 1 unspecified atom stereocenters. The molecule has 4 aromatic rings. The minimum Gasteiger partial charge on any atom is -0.493 e. The summed E-state index contributed by atoms with van der Waals surface area (Å²) in [4.78, 5) is 42.7. The highest BCUT2D eigenvalue weighted by atomic mass is 32.1. The third-order valence-corrected chi connectivity index (χ3v) is 7.70. The lowest BCUT2D eigenvalue weighted by Crippen LogP contribution is -2.40. The van der Waals surface area contributed by atoms with Crippen LogP contribution in [0.15, 0.2) is 107 Å². The van der Waals surface area contributed by atoms with Crippen molar-refractivity contribution >= 4 is 29.1 Å². The lowest BCUT2D eigenvalue weighted by molar-refractivity contribution is -0.384. The van der Waals surface area contributed by atoms with Crippen molar-refractivity contribution in [1.29, 1.82) is 0 Å². The molecule has 0 amide bonds. The molecule has 1 atom stereocenters. The number of hydrogen-bond acceptors (Lipinski definition) is 9. The van der Waals surface area contributed by atoms with Gasteiger partial charge in [0, 0.05) is 12.1 Å². The van der Waals surface area contributed by atoms with Gasteiger partial charge >= 0.3 is 5.97 Å². The van der Waals surface area contributed by atoms with Gasteiger partial charge in [0.2, 0.25) is 0 Å². The Bertz CT molecular complexity index is 1910. The van der Waals surface area contributed by atoms with Gasteiger partial charge in [-0.3, -0.25) is 19.5 Å². The fraction of sp³-hybridized carbons (Fsp3) is 0.156. The van der Waals surface area contributed by atoms with E-state index in [4.69, 9.17) is 14.2 Å². The lowest BCUT2D eigenvalue weighted by atomic mass is 9.95. The molecule has 5 rings (SSSR count). The Balaban J connectivity index is 1.60. The molecule has 0 saturated heterocycles. The van der Waals surface area contributed by atoms with E-state index in [1.165, 1.54) is 29.9 Å². The van der Waals surface area contributed by atoms with Gasteiger partial charge in [0.1, 0.15) is 13.2 Å². The summed E-state index contributed by atoms with van der Waals surface area (Å²) in [7, 11) is 1.52. The fourth-order valence-corrected chi connectivity index (χ4v) is 5.71. The number of hydrogen-bond donors (Lipinski definition) is 0. The van der Waals surface area contributed by atoms with Crippen LogP contribution in [0.2, 0.25) is 0 Å². The van der Waals surface area contributed by atoms with Crippen LogP contribution < -0.4 is 24.4 Å². The number of nitro benzene ring substituents is 1. The summed E-state index contributed by atoms with van der Waals surface area (Å²) in [5.41, 5.74) is 2.36.